The zero-order chi connectivity index (χ0) is 20.3. The average Bonchev–Trinajstić information content (AvgIpc) is 2.82. The minimum absolute atomic E-state index is 0.228. The van der Waals surface area contributed by atoms with Crippen molar-refractivity contribution in [2.24, 2.45) is 0 Å². The van der Waals surface area contributed by atoms with Gasteiger partial charge in [0.1, 0.15) is 5.82 Å². The molecule has 0 spiro atoms. The van der Waals surface area contributed by atoms with E-state index >= 15 is 0 Å². The maximum Gasteiger partial charge on any atom is 0.233 e. The fourth-order valence-electron chi connectivity index (χ4n) is 4.44. The topological polar surface area (TPSA) is 49.3 Å². The molecule has 0 saturated carbocycles. The van der Waals surface area contributed by atoms with Crippen LogP contribution in [0.15, 0.2) is 53.6 Å². The molecule has 1 aliphatic carbocycles. The fourth-order valence-corrected chi connectivity index (χ4v) is 5.62. The minimum atomic E-state index is 0.228. The summed E-state index contributed by atoms with van der Waals surface area (Å²) >= 11 is 1.71. The number of carbonyl (C=O) groups excluding carboxylic acids is 1. The van der Waals surface area contributed by atoms with E-state index in [2.05, 4.69) is 28.1 Å². The zero-order valence-corrected chi connectivity index (χ0v) is 17.9. The molecule has 1 saturated heterocycles. The quantitative estimate of drug-likeness (QED) is 0.601. The Balaban J connectivity index is 1.28. The average molecular weight is 419 g/mol. The van der Waals surface area contributed by atoms with Gasteiger partial charge in [0, 0.05) is 48.4 Å². The summed E-state index contributed by atoms with van der Waals surface area (Å²) in [5.41, 5.74) is 3.66. The summed E-state index contributed by atoms with van der Waals surface area (Å²) in [7, 11) is 0. The Kier molecular flexibility index (Phi) is 5.58. The van der Waals surface area contributed by atoms with Crippen LogP contribution >= 0.6 is 11.8 Å². The van der Waals surface area contributed by atoms with Crippen LogP contribution in [0.1, 0.15) is 24.1 Å². The molecule has 3 aromatic rings. The number of hydrogen-bond acceptors (Lipinski definition) is 5. The van der Waals surface area contributed by atoms with Gasteiger partial charge >= 0.3 is 0 Å². The first-order valence-corrected chi connectivity index (χ1v) is 11.8. The first-order valence-electron chi connectivity index (χ1n) is 10.8. The van der Waals surface area contributed by atoms with Crippen molar-refractivity contribution in [2.45, 2.75) is 30.6 Å². The van der Waals surface area contributed by atoms with E-state index in [4.69, 9.17) is 4.98 Å². The summed E-state index contributed by atoms with van der Waals surface area (Å²) in [5, 5.41) is 1.19. The minimum Gasteiger partial charge on any atom is -0.353 e. The molecule has 0 bridgehead atoms. The molecule has 0 unspecified atom stereocenters. The summed E-state index contributed by atoms with van der Waals surface area (Å²) in [4.78, 5) is 27.8. The van der Waals surface area contributed by atoms with Crippen LogP contribution in [0.4, 0.5) is 5.82 Å². The highest BCUT2D eigenvalue weighted by Gasteiger charge is 2.23. The van der Waals surface area contributed by atoms with Gasteiger partial charge in [-0.25, -0.2) is 4.98 Å². The van der Waals surface area contributed by atoms with Crippen molar-refractivity contribution in [3.63, 3.8) is 0 Å². The van der Waals surface area contributed by atoms with Crippen molar-refractivity contribution in [1.29, 1.82) is 0 Å². The van der Waals surface area contributed by atoms with Gasteiger partial charge in [-0.1, -0.05) is 24.3 Å². The molecule has 5 nitrogen and oxygen atoms in total. The number of pyridine rings is 2. The summed E-state index contributed by atoms with van der Waals surface area (Å²) < 4.78 is 0. The van der Waals surface area contributed by atoms with Crippen LogP contribution in [-0.2, 0) is 17.6 Å². The van der Waals surface area contributed by atoms with E-state index in [9.17, 15) is 4.79 Å². The monoisotopic (exact) mass is 418 g/mol. The van der Waals surface area contributed by atoms with Gasteiger partial charge in [0.25, 0.3) is 0 Å². The van der Waals surface area contributed by atoms with E-state index < -0.39 is 0 Å². The summed E-state index contributed by atoms with van der Waals surface area (Å²) in [5.74, 6) is 1.71. The summed E-state index contributed by atoms with van der Waals surface area (Å²) in [6, 6.07) is 14.3. The molecule has 2 aromatic heterocycles. The Morgan fingerprint density at radius 3 is 2.60 bits per heavy atom. The number of fused-ring (bicyclic) bond motifs is 2. The highest BCUT2D eigenvalue weighted by molar-refractivity contribution is 8.00. The van der Waals surface area contributed by atoms with Crippen molar-refractivity contribution >= 4 is 34.4 Å². The lowest BCUT2D eigenvalue weighted by molar-refractivity contribution is -0.128. The molecule has 5 rings (SSSR count). The van der Waals surface area contributed by atoms with Gasteiger partial charge < -0.3 is 9.80 Å². The van der Waals surface area contributed by atoms with Gasteiger partial charge in [0.05, 0.1) is 11.3 Å². The lowest BCUT2D eigenvalue weighted by Gasteiger charge is -2.35. The highest BCUT2D eigenvalue weighted by Crippen LogP contribution is 2.36. The van der Waals surface area contributed by atoms with Crippen LogP contribution in [0, 0.1) is 0 Å². The van der Waals surface area contributed by atoms with Crippen molar-refractivity contribution in [1.82, 2.24) is 14.9 Å². The van der Waals surface area contributed by atoms with E-state index in [-0.39, 0.29) is 5.91 Å². The smallest absolute Gasteiger partial charge is 0.233 e. The van der Waals surface area contributed by atoms with Crippen molar-refractivity contribution in [3.05, 3.63) is 59.9 Å². The fraction of sp³-hybridized carbons (Fsp3) is 0.375. The molecule has 1 aliphatic heterocycles. The van der Waals surface area contributed by atoms with Gasteiger partial charge in [0.15, 0.2) is 0 Å². The standard InChI is InChI=1S/C24H26N4OS/c29-23(28-15-13-27(14-16-28)22-11-5-6-12-25-22)17-30-24-18-7-1-3-9-20(18)26-21-10-4-2-8-19(21)24/h1,3,5-7,9,11-12H,2,4,8,10,13-17H2. The van der Waals surface area contributed by atoms with Gasteiger partial charge in [-0.3, -0.25) is 9.78 Å². The molecular weight excluding hydrogens is 392 g/mol. The molecule has 1 amide bonds. The summed E-state index contributed by atoms with van der Waals surface area (Å²) in [6.07, 6.45) is 6.37. The SMILES string of the molecule is O=C(CSc1c2c(nc3ccccc13)CCCC2)N1CCN(c2ccccn2)CC1. The van der Waals surface area contributed by atoms with Crippen LogP contribution < -0.4 is 4.90 Å². The second-order valence-electron chi connectivity index (χ2n) is 7.93. The molecule has 0 atom stereocenters. The third kappa shape index (κ3) is 3.88. The zero-order valence-electron chi connectivity index (χ0n) is 17.1. The molecule has 30 heavy (non-hydrogen) atoms. The lowest BCUT2D eigenvalue weighted by atomic mass is 9.94. The maximum absolute atomic E-state index is 13.0. The van der Waals surface area contributed by atoms with E-state index in [1.807, 2.05) is 35.4 Å². The van der Waals surface area contributed by atoms with Crippen LogP contribution in [0.3, 0.4) is 0 Å². The number of aromatic nitrogens is 2. The normalized spacial score (nSPS) is 16.5. The number of piperazine rings is 1. The lowest BCUT2D eigenvalue weighted by Crippen LogP contribution is -2.49. The number of para-hydroxylation sites is 1. The number of hydrogen-bond donors (Lipinski definition) is 0. The number of nitrogens with zero attached hydrogens (tertiary/aromatic N) is 4. The van der Waals surface area contributed by atoms with Gasteiger partial charge in [-0.05, 0) is 49.4 Å². The number of anilines is 1. The first-order chi connectivity index (χ1) is 14.8. The Labute approximate surface area is 181 Å². The number of aryl methyl sites for hydroxylation is 1. The van der Waals surface area contributed by atoms with Crippen molar-refractivity contribution in [2.75, 3.05) is 36.8 Å². The molecule has 1 aromatic carbocycles. The van der Waals surface area contributed by atoms with E-state index in [0.29, 0.717) is 5.75 Å². The third-order valence-corrected chi connectivity index (χ3v) is 7.21. The van der Waals surface area contributed by atoms with Crippen LogP contribution in [0.25, 0.3) is 10.9 Å². The number of thioether (sulfide) groups is 1. The predicted molar refractivity (Wildman–Crippen MR) is 122 cm³/mol. The predicted octanol–water partition coefficient (Wildman–Crippen LogP) is 3.95. The second kappa shape index (κ2) is 8.64. The first kappa shape index (κ1) is 19.4. The highest BCUT2D eigenvalue weighted by atomic mass is 32.2. The molecule has 6 heteroatoms. The van der Waals surface area contributed by atoms with Crippen LogP contribution in [0.2, 0.25) is 0 Å². The number of rotatable bonds is 4. The van der Waals surface area contributed by atoms with Crippen molar-refractivity contribution < 1.29 is 4.79 Å². The number of benzene rings is 1. The van der Waals surface area contributed by atoms with E-state index in [0.717, 1.165) is 50.4 Å². The second-order valence-corrected chi connectivity index (χ2v) is 8.92. The molecule has 3 heterocycles. The Morgan fingerprint density at radius 1 is 0.967 bits per heavy atom. The number of carbonyl (C=O) groups is 1. The molecule has 154 valence electrons. The molecule has 1 fully saturated rings. The Hall–Kier alpha value is -2.60. The van der Waals surface area contributed by atoms with E-state index in [1.165, 1.54) is 34.4 Å². The largest absolute Gasteiger partial charge is 0.353 e. The Bertz CT molecular complexity index is 1050. The molecule has 2 aliphatic rings. The van der Waals surface area contributed by atoms with Gasteiger partial charge in [0.2, 0.25) is 5.91 Å². The molecule has 0 N–H and O–H groups in total. The van der Waals surface area contributed by atoms with E-state index in [1.54, 1.807) is 11.8 Å². The van der Waals surface area contributed by atoms with Gasteiger partial charge in [-0.2, -0.15) is 0 Å². The summed E-state index contributed by atoms with van der Waals surface area (Å²) in [6.45, 7) is 3.18. The van der Waals surface area contributed by atoms with Crippen molar-refractivity contribution in [3.8, 4) is 0 Å². The maximum atomic E-state index is 13.0. The number of amides is 1. The van der Waals surface area contributed by atoms with Crippen LogP contribution in [0.5, 0.6) is 0 Å². The molecule has 0 radical (unpaired) electrons. The Morgan fingerprint density at radius 2 is 1.77 bits per heavy atom. The molecular formula is C24H26N4OS. The third-order valence-electron chi connectivity index (χ3n) is 6.06. The van der Waals surface area contributed by atoms with Crippen LogP contribution in [-0.4, -0.2) is 52.7 Å². The van der Waals surface area contributed by atoms with Gasteiger partial charge in [-0.15, -0.1) is 11.8 Å².